The van der Waals surface area contributed by atoms with E-state index in [0.717, 1.165) is 18.5 Å². The maximum Gasteiger partial charge on any atom is 0.154 e. The van der Waals surface area contributed by atoms with E-state index in [1.165, 1.54) is 11.1 Å². The second-order valence-electron chi connectivity index (χ2n) is 7.96. The van der Waals surface area contributed by atoms with E-state index in [1.807, 2.05) is 25.1 Å². The van der Waals surface area contributed by atoms with Gasteiger partial charge in [0.2, 0.25) is 0 Å². The Morgan fingerprint density at radius 1 is 1.14 bits per heavy atom. The summed E-state index contributed by atoms with van der Waals surface area (Å²) in [5.41, 5.74) is 3.12. The van der Waals surface area contributed by atoms with Gasteiger partial charge in [-0.1, -0.05) is 67.1 Å². The highest BCUT2D eigenvalue weighted by atomic mass is 16.5. The highest BCUT2D eigenvalue weighted by molar-refractivity contribution is 5.85. The Balaban J connectivity index is 1.89. The lowest BCUT2D eigenvalue weighted by molar-refractivity contribution is -0.189. The molecule has 4 nitrogen and oxygen atoms in total. The zero-order chi connectivity index (χ0) is 20.1. The zero-order valence-corrected chi connectivity index (χ0v) is 17.5. The predicted molar refractivity (Wildman–Crippen MR) is 113 cm³/mol. The Morgan fingerprint density at radius 3 is 2.43 bits per heavy atom. The monoisotopic (exact) mass is 380 g/mol. The van der Waals surface area contributed by atoms with Gasteiger partial charge in [0.25, 0.3) is 0 Å². The molecule has 1 fully saturated rings. The molecule has 1 saturated heterocycles. The van der Waals surface area contributed by atoms with Gasteiger partial charge in [0.05, 0.1) is 12.6 Å². The molecule has 0 bridgehead atoms. The van der Waals surface area contributed by atoms with Crippen LogP contribution in [0.15, 0.2) is 54.6 Å². The molecule has 0 aliphatic carbocycles. The van der Waals surface area contributed by atoms with Crippen molar-refractivity contribution in [2.75, 3.05) is 33.8 Å². The van der Waals surface area contributed by atoms with Gasteiger partial charge < -0.3 is 4.74 Å². The number of likely N-dealkylation sites (N-methyl/N-ethyl adjacent to an activating group) is 1. The van der Waals surface area contributed by atoms with E-state index < -0.39 is 5.72 Å². The number of ketones is 1. The molecule has 1 aliphatic rings. The van der Waals surface area contributed by atoms with E-state index >= 15 is 0 Å². The normalized spacial score (nSPS) is 21.6. The fourth-order valence-corrected chi connectivity index (χ4v) is 4.00. The van der Waals surface area contributed by atoms with Gasteiger partial charge in [-0.05, 0) is 32.1 Å². The van der Waals surface area contributed by atoms with Crippen molar-refractivity contribution in [3.63, 3.8) is 0 Å². The third-order valence-electron chi connectivity index (χ3n) is 5.75. The average Bonchev–Trinajstić information content (AvgIpc) is 2.71. The van der Waals surface area contributed by atoms with Gasteiger partial charge in [0.15, 0.2) is 5.78 Å². The Labute approximate surface area is 169 Å². The molecule has 3 rings (SSSR count). The van der Waals surface area contributed by atoms with Crippen LogP contribution in [0.4, 0.5) is 0 Å². The van der Waals surface area contributed by atoms with E-state index in [9.17, 15) is 4.79 Å². The zero-order valence-electron chi connectivity index (χ0n) is 17.5. The fraction of sp³-hybridized carbons (Fsp3) is 0.458. The summed E-state index contributed by atoms with van der Waals surface area (Å²) in [4.78, 5) is 17.4. The molecule has 0 saturated carbocycles. The van der Waals surface area contributed by atoms with Gasteiger partial charge >= 0.3 is 0 Å². The van der Waals surface area contributed by atoms with E-state index in [2.05, 4.69) is 67.2 Å². The second-order valence-corrected chi connectivity index (χ2v) is 7.96. The Hall–Kier alpha value is -2.01. The third-order valence-corrected chi connectivity index (χ3v) is 5.75. The summed E-state index contributed by atoms with van der Waals surface area (Å²) in [6.45, 7) is 6.12. The minimum absolute atomic E-state index is 0.215. The van der Waals surface area contributed by atoms with Crippen LogP contribution in [-0.2, 0) is 16.0 Å². The van der Waals surface area contributed by atoms with Crippen LogP contribution >= 0.6 is 0 Å². The Bertz CT molecular complexity index is 773. The van der Waals surface area contributed by atoms with Crippen molar-refractivity contribution in [2.45, 2.75) is 38.5 Å². The molecule has 1 heterocycles. The number of benzene rings is 2. The molecule has 0 amide bonds. The summed E-state index contributed by atoms with van der Waals surface area (Å²) in [5.74, 6) is 0.260. The van der Waals surface area contributed by atoms with Crippen LogP contribution in [-0.4, -0.2) is 55.1 Å². The molecular formula is C24H32N2O2. The quantitative estimate of drug-likeness (QED) is 0.730. The largest absolute Gasteiger partial charge is 0.357 e. The van der Waals surface area contributed by atoms with E-state index in [-0.39, 0.29) is 11.8 Å². The van der Waals surface area contributed by atoms with Gasteiger partial charge in [0, 0.05) is 25.9 Å². The SMILES string of the molecule is CCC(=O)C(c1ccccc1)N1CCOC(Cc2ccc(C)cc2)(N(C)C)C1. The summed E-state index contributed by atoms with van der Waals surface area (Å²) < 4.78 is 6.36. The van der Waals surface area contributed by atoms with Crippen molar-refractivity contribution in [3.05, 3.63) is 71.3 Å². The van der Waals surface area contributed by atoms with Crippen molar-refractivity contribution in [3.8, 4) is 0 Å². The van der Waals surface area contributed by atoms with Crippen molar-refractivity contribution in [2.24, 2.45) is 0 Å². The molecule has 150 valence electrons. The number of carbonyl (C=O) groups excluding carboxylic acids is 1. The summed E-state index contributed by atoms with van der Waals surface area (Å²) in [6.07, 6.45) is 1.32. The lowest BCUT2D eigenvalue weighted by atomic mass is 9.94. The maximum atomic E-state index is 12.9. The molecule has 2 unspecified atom stereocenters. The lowest BCUT2D eigenvalue weighted by Gasteiger charge is -2.48. The Morgan fingerprint density at radius 2 is 1.82 bits per heavy atom. The Kier molecular flexibility index (Phi) is 6.65. The highest BCUT2D eigenvalue weighted by Crippen LogP contribution is 2.32. The molecule has 0 radical (unpaired) electrons. The molecule has 28 heavy (non-hydrogen) atoms. The summed E-state index contributed by atoms with van der Waals surface area (Å²) in [6, 6.07) is 18.6. The average molecular weight is 381 g/mol. The third kappa shape index (κ3) is 4.52. The number of rotatable bonds is 7. The first-order valence-electron chi connectivity index (χ1n) is 10.1. The minimum Gasteiger partial charge on any atom is -0.357 e. The molecular weight excluding hydrogens is 348 g/mol. The molecule has 1 aliphatic heterocycles. The van der Waals surface area contributed by atoms with Crippen molar-refractivity contribution in [1.82, 2.24) is 9.80 Å². The summed E-state index contributed by atoms with van der Waals surface area (Å²) in [7, 11) is 4.13. The van der Waals surface area contributed by atoms with Crippen molar-refractivity contribution >= 4 is 5.78 Å². The van der Waals surface area contributed by atoms with E-state index in [4.69, 9.17) is 4.74 Å². The van der Waals surface area contributed by atoms with Gasteiger partial charge in [-0.3, -0.25) is 14.6 Å². The highest BCUT2D eigenvalue weighted by Gasteiger charge is 2.42. The first-order chi connectivity index (χ1) is 13.4. The molecule has 0 aromatic heterocycles. The van der Waals surface area contributed by atoms with Crippen LogP contribution in [0, 0.1) is 6.92 Å². The summed E-state index contributed by atoms with van der Waals surface area (Å²) in [5, 5.41) is 0. The van der Waals surface area contributed by atoms with Crippen LogP contribution in [0.1, 0.15) is 36.1 Å². The number of hydrogen-bond donors (Lipinski definition) is 0. The van der Waals surface area contributed by atoms with Crippen LogP contribution in [0.5, 0.6) is 0 Å². The molecule has 2 aromatic rings. The van der Waals surface area contributed by atoms with Gasteiger partial charge in [0.1, 0.15) is 5.72 Å². The van der Waals surface area contributed by atoms with Crippen LogP contribution in [0.2, 0.25) is 0 Å². The standard InChI is InChI=1S/C24H32N2O2/c1-5-22(27)23(21-9-7-6-8-10-21)26-15-16-28-24(18-26,25(3)4)17-20-13-11-19(2)12-14-20/h6-14,23H,5,15-18H2,1-4H3. The molecule has 4 heteroatoms. The fourth-order valence-electron chi connectivity index (χ4n) is 4.00. The smallest absolute Gasteiger partial charge is 0.154 e. The maximum absolute atomic E-state index is 12.9. The number of ether oxygens (including phenoxy) is 1. The van der Waals surface area contributed by atoms with E-state index in [0.29, 0.717) is 19.6 Å². The van der Waals surface area contributed by atoms with Gasteiger partial charge in [-0.25, -0.2) is 0 Å². The second kappa shape index (κ2) is 8.99. The van der Waals surface area contributed by atoms with Crippen molar-refractivity contribution in [1.29, 1.82) is 0 Å². The van der Waals surface area contributed by atoms with Gasteiger partial charge in [-0.2, -0.15) is 0 Å². The predicted octanol–water partition coefficient (Wildman–Crippen LogP) is 3.85. The first-order valence-corrected chi connectivity index (χ1v) is 10.1. The molecule has 2 aromatic carbocycles. The molecule has 0 N–H and O–H groups in total. The first kappa shape index (κ1) is 20.7. The molecule has 0 spiro atoms. The molecule has 2 atom stereocenters. The van der Waals surface area contributed by atoms with Crippen LogP contribution < -0.4 is 0 Å². The van der Waals surface area contributed by atoms with E-state index in [1.54, 1.807) is 0 Å². The van der Waals surface area contributed by atoms with Crippen LogP contribution in [0.25, 0.3) is 0 Å². The summed E-state index contributed by atoms with van der Waals surface area (Å²) >= 11 is 0. The number of nitrogens with zero attached hydrogens (tertiary/aromatic N) is 2. The number of aryl methyl sites for hydroxylation is 1. The topological polar surface area (TPSA) is 32.8 Å². The number of morpholine rings is 1. The number of carbonyl (C=O) groups is 1. The minimum atomic E-state index is -0.450. The number of hydrogen-bond acceptors (Lipinski definition) is 4. The van der Waals surface area contributed by atoms with Gasteiger partial charge in [-0.15, -0.1) is 0 Å². The number of Topliss-reactive ketones (excluding diaryl/α,β-unsaturated/α-hetero) is 1. The lowest BCUT2D eigenvalue weighted by Crippen LogP contribution is -2.61. The van der Waals surface area contributed by atoms with Crippen molar-refractivity contribution < 1.29 is 9.53 Å². The van der Waals surface area contributed by atoms with Crippen LogP contribution in [0.3, 0.4) is 0 Å².